The van der Waals surface area contributed by atoms with Gasteiger partial charge in [0.25, 0.3) is 0 Å². The van der Waals surface area contributed by atoms with Crippen molar-refractivity contribution in [2.24, 2.45) is 0 Å². The number of methoxy groups -OCH3 is 2. The topological polar surface area (TPSA) is 52.6 Å². The van der Waals surface area contributed by atoms with E-state index in [2.05, 4.69) is 24.3 Å². The Hall–Kier alpha value is -3.05. The minimum Gasteiger partial charge on any atom is -0.465 e. The average molecular weight is 379 g/mol. The molecule has 0 bridgehead atoms. The summed E-state index contributed by atoms with van der Waals surface area (Å²) in [6.45, 7) is 0. The molecule has 0 spiro atoms. The van der Waals surface area contributed by atoms with Gasteiger partial charge in [-0.25, -0.2) is 9.59 Å². The van der Waals surface area contributed by atoms with E-state index in [0.29, 0.717) is 0 Å². The first-order valence-corrected chi connectivity index (χ1v) is 9.53. The van der Waals surface area contributed by atoms with Crippen LogP contribution < -0.4 is 0 Å². The van der Waals surface area contributed by atoms with Crippen molar-refractivity contribution in [1.82, 2.24) is 0 Å². The number of rotatable bonds is 5. The first-order chi connectivity index (χ1) is 13.2. The molecule has 0 saturated heterocycles. The van der Waals surface area contributed by atoms with E-state index in [1.807, 2.05) is 42.5 Å². The number of esters is 2. The second kappa shape index (κ2) is 8.56. The summed E-state index contributed by atoms with van der Waals surface area (Å²) in [7, 11) is 2.16. The van der Waals surface area contributed by atoms with Crippen molar-refractivity contribution < 1.29 is 19.1 Å². The molecule has 0 aliphatic carbocycles. The van der Waals surface area contributed by atoms with E-state index in [-0.39, 0.29) is 11.1 Å². The van der Waals surface area contributed by atoms with Gasteiger partial charge in [-0.15, -0.1) is 0 Å². The molecule has 27 heavy (non-hydrogen) atoms. The van der Waals surface area contributed by atoms with Crippen LogP contribution in [0.25, 0.3) is 0 Å². The lowest BCUT2D eigenvalue weighted by atomic mass is 10.1. The molecular formula is C22H19O4S+. The molecule has 0 saturated carbocycles. The molecular weight excluding hydrogens is 360 g/mol. The van der Waals surface area contributed by atoms with E-state index in [9.17, 15) is 9.59 Å². The molecule has 0 amide bonds. The summed E-state index contributed by atoms with van der Waals surface area (Å²) in [6.07, 6.45) is 0. The maximum Gasteiger partial charge on any atom is 0.338 e. The first-order valence-electron chi connectivity index (χ1n) is 8.30. The molecule has 3 aromatic rings. The van der Waals surface area contributed by atoms with Gasteiger partial charge in [0.05, 0.1) is 36.2 Å². The molecule has 0 atom stereocenters. The van der Waals surface area contributed by atoms with Gasteiger partial charge in [-0.3, -0.25) is 0 Å². The second-order valence-electron chi connectivity index (χ2n) is 5.62. The summed E-state index contributed by atoms with van der Waals surface area (Å²) in [5, 5.41) is 0. The van der Waals surface area contributed by atoms with Gasteiger partial charge in [0.15, 0.2) is 14.7 Å². The van der Waals surface area contributed by atoms with Gasteiger partial charge in [-0.2, -0.15) is 0 Å². The van der Waals surface area contributed by atoms with E-state index in [0.717, 1.165) is 14.7 Å². The lowest BCUT2D eigenvalue weighted by molar-refractivity contribution is 0.0555. The molecule has 0 aromatic heterocycles. The summed E-state index contributed by atoms with van der Waals surface area (Å²) < 4.78 is 9.67. The van der Waals surface area contributed by atoms with Crippen molar-refractivity contribution in [3.63, 3.8) is 0 Å². The number of ether oxygens (including phenoxy) is 2. The highest BCUT2D eigenvalue weighted by Gasteiger charge is 2.31. The molecule has 0 unspecified atom stereocenters. The summed E-state index contributed by atoms with van der Waals surface area (Å²) >= 11 is 0. The van der Waals surface area contributed by atoms with Crippen LogP contribution in [0.3, 0.4) is 0 Å². The van der Waals surface area contributed by atoms with Gasteiger partial charge in [-0.1, -0.05) is 36.4 Å². The SMILES string of the molecule is COC(=O)c1ccc([S+](c2ccccc2)c2ccccc2)cc1C(=O)OC. The van der Waals surface area contributed by atoms with Crippen LogP contribution in [0.4, 0.5) is 0 Å². The van der Waals surface area contributed by atoms with E-state index in [4.69, 9.17) is 9.47 Å². The van der Waals surface area contributed by atoms with Gasteiger partial charge in [0, 0.05) is 6.07 Å². The predicted octanol–water partition coefficient (Wildman–Crippen LogP) is 4.36. The van der Waals surface area contributed by atoms with Crippen molar-refractivity contribution in [2.75, 3.05) is 14.2 Å². The van der Waals surface area contributed by atoms with E-state index in [1.54, 1.807) is 12.1 Å². The summed E-state index contributed by atoms with van der Waals surface area (Å²) in [6, 6.07) is 25.3. The van der Waals surface area contributed by atoms with Crippen molar-refractivity contribution in [2.45, 2.75) is 14.7 Å². The standard InChI is InChI=1S/C22H19O4S/c1-25-21(23)19-14-13-18(15-20(19)22(24)26-2)27(16-9-5-3-6-10-16)17-11-7-4-8-12-17/h3-15H,1-2H3/q+1. The van der Waals surface area contributed by atoms with Crippen LogP contribution in [0, 0.1) is 0 Å². The molecule has 3 aromatic carbocycles. The molecule has 0 radical (unpaired) electrons. The predicted molar refractivity (Wildman–Crippen MR) is 104 cm³/mol. The highest BCUT2D eigenvalue weighted by Crippen LogP contribution is 2.32. The molecule has 136 valence electrons. The van der Waals surface area contributed by atoms with Crippen molar-refractivity contribution >= 4 is 22.8 Å². The minimum absolute atomic E-state index is 0.192. The lowest BCUT2D eigenvalue weighted by Crippen LogP contribution is -2.14. The maximum absolute atomic E-state index is 12.3. The Morgan fingerprint density at radius 1 is 0.630 bits per heavy atom. The minimum atomic E-state index is -0.568. The Morgan fingerprint density at radius 2 is 1.11 bits per heavy atom. The fraction of sp³-hybridized carbons (Fsp3) is 0.0909. The van der Waals surface area contributed by atoms with Gasteiger partial charge >= 0.3 is 11.9 Å². The normalized spacial score (nSPS) is 10.5. The van der Waals surface area contributed by atoms with Crippen molar-refractivity contribution in [3.05, 3.63) is 90.0 Å². The van der Waals surface area contributed by atoms with Gasteiger partial charge < -0.3 is 9.47 Å². The molecule has 3 rings (SSSR count). The smallest absolute Gasteiger partial charge is 0.338 e. The number of hydrogen-bond acceptors (Lipinski definition) is 4. The first kappa shape index (κ1) is 18.7. The van der Waals surface area contributed by atoms with Crippen LogP contribution in [-0.4, -0.2) is 26.2 Å². The fourth-order valence-electron chi connectivity index (χ4n) is 2.74. The van der Waals surface area contributed by atoms with Crippen LogP contribution in [-0.2, 0) is 20.4 Å². The Bertz CT molecular complexity index is 900. The Labute approximate surface area is 161 Å². The Morgan fingerprint density at radius 3 is 1.59 bits per heavy atom. The van der Waals surface area contributed by atoms with E-state index < -0.39 is 22.8 Å². The van der Waals surface area contributed by atoms with Crippen LogP contribution in [0.1, 0.15) is 20.7 Å². The summed E-state index contributed by atoms with van der Waals surface area (Å²) in [5.41, 5.74) is 0.393. The van der Waals surface area contributed by atoms with Crippen LogP contribution in [0.2, 0.25) is 0 Å². The third-order valence-electron chi connectivity index (χ3n) is 4.00. The van der Waals surface area contributed by atoms with Gasteiger partial charge in [0.1, 0.15) is 0 Å². The van der Waals surface area contributed by atoms with Gasteiger partial charge in [-0.05, 0) is 36.4 Å². The molecule has 0 aliphatic heterocycles. The molecule has 4 nitrogen and oxygen atoms in total. The Kier molecular flexibility index (Phi) is 5.94. The third kappa shape index (κ3) is 4.04. The maximum atomic E-state index is 12.3. The highest BCUT2D eigenvalue weighted by atomic mass is 32.2. The Balaban J connectivity index is 2.18. The van der Waals surface area contributed by atoms with E-state index >= 15 is 0 Å². The molecule has 5 heteroatoms. The van der Waals surface area contributed by atoms with Crippen molar-refractivity contribution in [1.29, 1.82) is 0 Å². The number of carbonyl (C=O) groups excluding carboxylic acids is 2. The zero-order chi connectivity index (χ0) is 19.2. The second-order valence-corrected chi connectivity index (χ2v) is 7.65. The molecule has 0 fully saturated rings. The van der Waals surface area contributed by atoms with Crippen molar-refractivity contribution in [3.8, 4) is 0 Å². The molecule has 0 heterocycles. The number of carbonyl (C=O) groups is 2. The van der Waals surface area contributed by atoms with Crippen LogP contribution in [0.15, 0.2) is 93.5 Å². The average Bonchev–Trinajstić information content (AvgIpc) is 2.74. The molecule has 0 aliphatic rings. The molecule has 0 N–H and O–H groups in total. The van der Waals surface area contributed by atoms with Crippen LogP contribution >= 0.6 is 0 Å². The number of hydrogen-bond donors (Lipinski definition) is 0. The highest BCUT2D eigenvalue weighted by molar-refractivity contribution is 7.97. The third-order valence-corrected chi connectivity index (χ3v) is 6.21. The van der Waals surface area contributed by atoms with Crippen LogP contribution in [0.5, 0.6) is 0 Å². The fourth-order valence-corrected chi connectivity index (χ4v) is 4.85. The quantitative estimate of drug-likeness (QED) is 0.488. The van der Waals surface area contributed by atoms with Gasteiger partial charge in [0.2, 0.25) is 0 Å². The largest absolute Gasteiger partial charge is 0.465 e. The summed E-state index contributed by atoms with van der Waals surface area (Å²) in [5.74, 6) is -1.14. The number of benzene rings is 3. The zero-order valence-corrected chi connectivity index (χ0v) is 15.9. The summed E-state index contributed by atoms with van der Waals surface area (Å²) in [4.78, 5) is 27.5. The zero-order valence-electron chi connectivity index (χ0n) is 15.0. The van der Waals surface area contributed by atoms with E-state index in [1.165, 1.54) is 14.2 Å². The monoisotopic (exact) mass is 379 g/mol. The lowest BCUT2D eigenvalue weighted by Gasteiger charge is -2.11.